The van der Waals surface area contributed by atoms with Gasteiger partial charge in [-0.2, -0.15) is 0 Å². The van der Waals surface area contributed by atoms with Crippen LogP contribution in [-0.4, -0.2) is 72.4 Å². The van der Waals surface area contributed by atoms with Gasteiger partial charge in [0, 0.05) is 31.3 Å². The number of phosphoric acid groups is 1. The molecular formula is C17H31N2O9PS. The van der Waals surface area contributed by atoms with Crippen molar-refractivity contribution in [3.63, 3.8) is 0 Å². The minimum absolute atomic E-state index is 0.0813. The number of rotatable bonds is 13. The van der Waals surface area contributed by atoms with Crippen molar-refractivity contribution in [1.29, 1.82) is 0 Å². The van der Waals surface area contributed by atoms with Gasteiger partial charge in [0.05, 0.1) is 12.4 Å². The fraction of sp³-hybridized carbons (Fsp3) is 0.765. The van der Waals surface area contributed by atoms with E-state index in [1.165, 1.54) is 13.8 Å². The van der Waals surface area contributed by atoms with Crippen LogP contribution in [0.1, 0.15) is 40.0 Å². The molecule has 11 nitrogen and oxygen atoms in total. The highest BCUT2D eigenvalue weighted by molar-refractivity contribution is 7.91. The first kappa shape index (κ1) is 28.5. The summed E-state index contributed by atoms with van der Waals surface area (Å²) in [5.74, 6) is 3.72. The quantitative estimate of drug-likeness (QED) is 0.132. The molecule has 0 aliphatic rings. The van der Waals surface area contributed by atoms with Gasteiger partial charge in [0.2, 0.25) is 11.8 Å². The van der Waals surface area contributed by atoms with E-state index in [0.29, 0.717) is 6.42 Å². The van der Waals surface area contributed by atoms with Crippen molar-refractivity contribution in [2.45, 2.75) is 46.1 Å². The van der Waals surface area contributed by atoms with Crippen molar-refractivity contribution < 1.29 is 42.0 Å². The zero-order valence-corrected chi connectivity index (χ0v) is 19.1. The van der Waals surface area contributed by atoms with Crippen LogP contribution in [0.25, 0.3) is 0 Å². The smallest absolute Gasteiger partial charge is 0.383 e. The van der Waals surface area contributed by atoms with Crippen LogP contribution in [0, 0.1) is 17.3 Å². The van der Waals surface area contributed by atoms with Gasteiger partial charge >= 0.3 is 7.82 Å². The molecule has 0 unspecified atom stereocenters. The van der Waals surface area contributed by atoms with Crippen molar-refractivity contribution in [3.05, 3.63) is 0 Å². The first-order chi connectivity index (χ1) is 13.7. The maximum atomic E-state index is 12.0. The minimum Gasteiger partial charge on any atom is -0.383 e. The van der Waals surface area contributed by atoms with Crippen molar-refractivity contribution in [2.24, 2.45) is 5.41 Å². The number of aliphatic hydroxyl groups excluding tert-OH is 1. The molecule has 0 rings (SSSR count). The van der Waals surface area contributed by atoms with E-state index in [-0.39, 0.29) is 37.4 Å². The highest BCUT2D eigenvalue weighted by Gasteiger charge is 2.35. The Morgan fingerprint density at radius 1 is 1.17 bits per heavy atom. The number of carbonyl (C=O) groups is 2. The Balaban J connectivity index is 4.18. The lowest BCUT2D eigenvalue weighted by molar-refractivity contribution is -0.137. The summed E-state index contributed by atoms with van der Waals surface area (Å²) in [6.07, 6.45) is -0.890. The van der Waals surface area contributed by atoms with Gasteiger partial charge in [-0.3, -0.25) is 14.1 Å². The molecule has 0 saturated carbocycles. The molecule has 13 heteroatoms. The van der Waals surface area contributed by atoms with Gasteiger partial charge in [-0.1, -0.05) is 26.7 Å². The number of phosphoric ester groups is 1. The summed E-state index contributed by atoms with van der Waals surface area (Å²) in [5, 5.41) is 14.9. The zero-order chi connectivity index (χ0) is 23.4. The lowest BCUT2D eigenvalue weighted by atomic mass is 9.87. The maximum absolute atomic E-state index is 12.0. The molecule has 174 valence electrons. The second kappa shape index (κ2) is 13.0. The average molecular weight is 470 g/mol. The molecule has 0 aliphatic carbocycles. The van der Waals surface area contributed by atoms with Crippen molar-refractivity contribution >= 4 is 29.5 Å². The monoisotopic (exact) mass is 470 g/mol. The van der Waals surface area contributed by atoms with Crippen molar-refractivity contribution in [2.75, 3.05) is 31.2 Å². The van der Waals surface area contributed by atoms with Gasteiger partial charge in [0.1, 0.15) is 11.9 Å². The largest absolute Gasteiger partial charge is 0.469 e. The van der Waals surface area contributed by atoms with E-state index in [1.807, 2.05) is 6.92 Å². The van der Waals surface area contributed by atoms with Crippen LogP contribution in [0.3, 0.4) is 0 Å². The molecule has 0 spiro atoms. The molecule has 0 aromatic carbocycles. The van der Waals surface area contributed by atoms with E-state index in [1.54, 1.807) is 0 Å². The number of nitrogens with one attached hydrogen (secondary N) is 2. The zero-order valence-electron chi connectivity index (χ0n) is 17.4. The van der Waals surface area contributed by atoms with E-state index in [4.69, 9.17) is 9.79 Å². The summed E-state index contributed by atoms with van der Waals surface area (Å²) in [7, 11) is -8.02. The van der Waals surface area contributed by atoms with E-state index in [9.17, 15) is 27.7 Å². The fourth-order valence-corrected chi connectivity index (χ4v) is 3.60. The summed E-state index contributed by atoms with van der Waals surface area (Å²) in [6.45, 7) is 4.12. The van der Waals surface area contributed by atoms with Crippen LogP contribution in [-0.2, 0) is 28.5 Å². The van der Waals surface area contributed by atoms with Crippen LogP contribution in [0.4, 0.5) is 0 Å². The fourth-order valence-electron chi connectivity index (χ4n) is 2.05. The Labute approximate surface area is 177 Å². The normalized spacial score (nSPS) is 13.1. The van der Waals surface area contributed by atoms with Crippen molar-refractivity contribution in [3.8, 4) is 11.8 Å². The minimum atomic E-state index is -4.74. The van der Waals surface area contributed by atoms with Crippen LogP contribution in [0.5, 0.6) is 0 Å². The summed E-state index contributed by atoms with van der Waals surface area (Å²) in [6, 6.07) is 0. The molecule has 1 atom stereocenters. The summed E-state index contributed by atoms with van der Waals surface area (Å²) < 4.78 is 38.5. The Bertz CT molecular complexity index is 781. The number of aliphatic hydroxyl groups is 1. The summed E-state index contributed by atoms with van der Waals surface area (Å²) in [5.41, 5.74) is -1.28. The topological polar surface area (TPSA) is 179 Å². The lowest BCUT2D eigenvalue weighted by Crippen LogP contribution is -2.46. The van der Waals surface area contributed by atoms with Crippen LogP contribution in [0.2, 0.25) is 0 Å². The van der Waals surface area contributed by atoms with Gasteiger partial charge in [-0.25, -0.2) is 13.0 Å². The van der Waals surface area contributed by atoms with E-state index in [2.05, 4.69) is 27.0 Å². The number of hydrogen-bond donors (Lipinski definition) is 5. The van der Waals surface area contributed by atoms with Crippen LogP contribution >= 0.6 is 7.82 Å². The van der Waals surface area contributed by atoms with Crippen molar-refractivity contribution in [1.82, 2.24) is 10.6 Å². The first-order valence-electron chi connectivity index (χ1n) is 9.29. The predicted octanol–water partition coefficient (Wildman–Crippen LogP) is -0.676. The standard InChI is InChI=1S/C17H31N2O9PS/c1-4-5-6-11-30(26,27)12-7-9-18-14(20)8-10-19-16(22)15(21)17(2,3)13-28-29(23,24)25/h15,21H,4,7-13H2,1-3H3,(H,18,20)(H,19,22)(H2,23,24,25)/t15-/m0/s1. The molecule has 0 radical (unpaired) electrons. The Morgan fingerprint density at radius 2 is 1.80 bits per heavy atom. The van der Waals surface area contributed by atoms with Gasteiger partial charge in [-0.05, 0) is 6.42 Å². The molecule has 2 amide bonds. The van der Waals surface area contributed by atoms with Gasteiger partial charge in [-0.15, -0.1) is 5.92 Å². The third kappa shape index (κ3) is 13.7. The average Bonchev–Trinajstić information content (AvgIpc) is 2.62. The molecule has 0 heterocycles. The Morgan fingerprint density at radius 3 is 2.37 bits per heavy atom. The Hall–Kier alpha value is -1.48. The summed E-state index contributed by atoms with van der Waals surface area (Å²) >= 11 is 0. The Kier molecular flexibility index (Phi) is 12.4. The highest BCUT2D eigenvalue weighted by atomic mass is 32.2. The SMILES string of the molecule is CCC#CCS(=O)(=O)CCCNC(=O)CCNC(=O)[C@H](O)C(C)(C)COP(=O)(O)O. The highest BCUT2D eigenvalue weighted by Crippen LogP contribution is 2.38. The number of amides is 2. The molecule has 0 saturated heterocycles. The van der Waals surface area contributed by atoms with Crippen LogP contribution in [0.15, 0.2) is 0 Å². The van der Waals surface area contributed by atoms with Gasteiger partial charge < -0.3 is 25.5 Å². The van der Waals surface area contributed by atoms with Crippen LogP contribution < -0.4 is 10.6 Å². The number of sulfone groups is 1. The van der Waals surface area contributed by atoms with Gasteiger partial charge in [0.15, 0.2) is 9.84 Å². The second-order valence-electron chi connectivity index (χ2n) is 7.20. The lowest BCUT2D eigenvalue weighted by Gasteiger charge is -2.29. The molecule has 0 bridgehead atoms. The predicted molar refractivity (Wildman–Crippen MR) is 110 cm³/mol. The molecule has 0 fully saturated rings. The molecule has 0 aromatic rings. The summed E-state index contributed by atoms with van der Waals surface area (Å²) in [4.78, 5) is 41.1. The third-order valence-corrected chi connectivity index (χ3v) is 5.75. The van der Waals surface area contributed by atoms with E-state index >= 15 is 0 Å². The molecule has 0 aliphatic heterocycles. The molecule has 30 heavy (non-hydrogen) atoms. The van der Waals surface area contributed by atoms with Gasteiger partial charge in [0.25, 0.3) is 0 Å². The first-order valence-corrected chi connectivity index (χ1v) is 12.6. The number of hydrogen-bond acceptors (Lipinski definition) is 7. The second-order valence-corrected chi connectivity index (χ2v) is 10.6. The number of carbonyl (C=O) groups excluding carboxylic acids is 2. The molecule has 0 aromatic heterocycles. The third-order valence-electron chi connectivity index (χ3n) is 3.79. The van der Waals surface area contributed by atoms with E-state index in [0.717, 1.165) is 0 Å². The molecule has 5 N–H and O–H groups in total. The maximum Gasteiger partial charge on any atom is 0.469 e. The molecular weight excluding hydrogens is 439 g/mol. The van der Waals surface area contributed by atoms with E-state index < -0.39 is 47.6 Å².